The van der Waals surface area contributed by atoms with Crippen LogP contribution in [0, 0.1) is 12.8 Å². The molecule has 2 N–H and O–H groups in total. The Morgan fingerprint density at radius 3 is 2.52 bits per heavy atom. The summed E-state index contributed by atoms with van der Waals surface area (Å²) in [6.45, 7) is 6.91. The van der Waals surface area contributed by atoms with Gasteiger partial charge < -0.3 is 20.3 Å². The first kappa shape index (κ1) is 21.1. The Morgan fingerprint density at radius 2 is 2.00 bits per heavy atom. The van der Waals surface area contributed by atoms with Crippen LogP contribution in [-0.4, -0.2) is 60.1 Å². The first-order chi connectivity index (χ1) is 12.8. The molecule has 0 spiro atoms. The van der Waals surface area contributed by atoms with Gasteiger partial charge in [-0.15, -0.1) is 11.3 Å². The van der Waals surface area contributed by atoms with Crippen molar-refractivity contribution in [3.63, 3.8) is 0 Å². The van der Waals surface area contributed by atoms with Gasteiger partial charge in [-0.3, -0.25) is 9.59 Å². The number of methoxy groups -OCH3 is 1. The summed E-state index contributed by atoms with van der Waals surface area (Å²) in [5, 5.41) is 5.66. The second kappa shape index (κ2) is 9.68. The minimum Gasteiger partial charge on any atom is -0.453 e. The number of rotatable bonds is 6. The van der Waals surface area contributed by atoms with E-state index >= 15 is 0 Å². The summed E-state index contributed by atoms with van der Waals surface area (Å²) in [5.74, 6) is 0.0533. The quantitative estimate of drug-likeness (QED) is 0.765. The Hall–Kier alpha value is -2.16. The number of hydrogen-bond donors (Lipinski definition) is 2. The van der Waals surface area contributed by atoms with E-state index in [1.54, 1.807) is 10.4 Å². The van der Waals surface area contributed by atoms with Gasteiger partial charge in [-0.25, -0.2) is 9.78 Å². The minimum absolute atomic E-state index is 0.0279. The molecular formula is C18H28N4O4S. The first-order valence-corrected chi connectivity index (χ1v) is 10.0. The van der Waals surface area contributed by atoms with Crippen molar-refractivity contribution in [2.45, 2.75) is 52.1 Å². The van der Waals surface area contributed by atoms with E-state index in [-0.39, 0.29) is 23.8 Å². The van der Waals surface area contributed by atoms with E-state index in [0.717, 1.165) is 5.69 Å². The second-order valence-electron chi connectivity index (χ2n) is 7.16. The fraction of sp³-hybridized carbons (Fsp3) is 0.667. The summed E-state index contributed by atoms with van der Waals surface area (Å²) in [5.41, 5.74) is 2.39. The molecule has 8 nitrogen and oxygen atoms in total. The Morgan fingerprint density at radius 1 is 1.33 bits per heavy atom. The molecule has 0 saturated carbocycles. The average molecular weight is 397 g/mol. The number of alkyl carbamates (subject to hydrolysis) is 1. The van der Waals surface area contributed by atoms with Crippen molar-refractivity contribution in [1.82, 2.24) is 20.5 Å². The van der Waals surface area contributed by atoms with Gasteiger partial charge in [-0.05, 0) is 32.1 Å². The first-order valence-electron chi connectivity index (χ1n) is 9.16. The zero-order valence-electron chi connectivity index (χ0n) is 16.3. The smallest absolute Gasteiger partial charge is 0.407 e. The highest BCUT2D eigenvalue weighted by Crippen LogP contribution is 2.17. The van der Waals surface area contributed by atoms with Gasteiger partial charge in [0.05, 0.1) is 18.3 Å². The topological polar surface area (TPSA) is 101 Å². The number of ether oxygens (including phenoxy) is 1. The van der Waals surface area contributed by atoms with E-state index in [1.165, 1.54) is 18.4 Å². The van der Waals surface area contributed by atoms with Crippen LogP contribution in [0.3, 0.4) is 0 Å². The fourth-order valence-corrected chi connectivity index (χ4v) is 3.83. The third kappa shape index (κ3) is 5.92. The van der Waals surface area contributed by atoms with E-state index in [9.17, 15) is 14.4 Å². The van der Waals surface area contributed by atoms with Crippen LogP contribution < -0.4 is 10.6 Å². The highest BCUT2D eigenvalue weighted by Gasteiger charge is 2.30. The van der Waals surface area contributed by atoms with Crippen molar-refractivity contribution in [2.24, 2.45) is 5.92 Å². The number of thiazole rings is 1. The summed E-state index contributed by atoms with van der Waals surface area (Å²) >= 11 is 1.33. The van der Waals surface area contributed by atoms with E-state index in [4.69, 9.17) is 0 Å². The molecule has 1 atom stereocenters. The van der Waals surface area contributed by atoms with E-state index < -0.39 is 12.1 Å². The van der Waals surface area contributed by atoms with Crippen molar-refractivity contribution < 1.29 is 19.1 Å². The van der Waals surface area contributed by atoms with Crippen LogP contribution in [0.4, 0.5) is 4.79 Å². The number of carbonyl (C=O) groups is 3. The molecule has 0 radical (unpaired) electrons. The number of hydrogen-bond acceptors (Lipinski definition) is 6. The maximum atomic E-state index is 12.8. The summed E-state index contributed by atoms with van der Waals surface area (Å²) in [4.78, 5) is 43.2. The van der Waals surface area contributed by atoms with E-state index in [2.05, 4.69) is 20.4 Å². The molecular weight excluding hydrogens is 368 g/mol. The summed E-state index contributed by atoms with van der Waals surface area (Å²) in [6.07, 6.45) is 1.31. The second-order valence-corrected chi connectivity index (χ2v) is 8.01. The molecule has 1 aromatic heterocycles. The third-order valence-corrected chi connectivity index (χ3v) is 5.50. The zero-order chi connectivity index (χ0) is 20.0. The van der Waals surface area contributed by atoms with Crippen LogP contribution in [-0.2, 0) is 9.53 Å². The molecule has 150 valence electrons. The number of nitrogens with one attached hydrogen (secondary N) is 2. The van der Waals surface area contributed by atoms with E-state index in [1.807, 2.05) is 20.8 Å². The molecule has 1 aliphatic heterocycles. The Kier molecular flexibility index (Phi) is 7.58. The Labute approximate surface area is 163 Å². The predicted molar refractivity (Wildman–Crippen MR) is 103 cm³/mol. The standard InChI is InChI=1S/C18H28N4O4S/c1-11(2)9-14(21-18(25)26-4)17(24)22-7-5-13(6-8-22)20-16(23)15-12(3)19-10-27-15/h10-11,13-14H,5-9H2,1-4H3,(H,20,23)(H,21,25)/t14-/m0/s1. The maximum absolute atomic E-state index is 12.8. The lowest BCUT2D eigenvalue weighted by Crippen LogP contribution is -2.53. The summed E-state index contributed by atoms with van der Waals surface area (Å²) in [6, 6.07) is -0.566. The lowest BCUT2D eigenvalue weighted by molar-refractivity contribution is -0.134. The van der Waals surface area contributed by atoms with Gasteiger partial charge in [0.25, 0.3) is 5.91 Å². The van der Waals surface area contributed by atoms with Crippen molar-refractivity contribution >= 4 is 29.2 Å². The lowest BCUT2D eigenvalue weighted by Gasteiger charge is -2.35. The molecule has 1 aliphatic rings. The molecule has 1 aromatic rings. The molecule has 2 heterocycles. The van der Waals surface area contributed by atoms with Gasteiger partial charge in [0, 0.05) is 19.1 Å². The van der Waals surface area contributed by atoms with Gasteiger partial charge in [0.2, 0.25) is 5.91 Å². The molecule has 0 bridgehead atoms. The molecule has 1 saturated heterocycles. The van der Waals surface area contributed by atoms with Crippen molar-refractivity contribution in [3.8, 4) is 0 Å². The molecule has 3 amide bonds. The number of amides is 3. The predicted octanol–water partition coefficient (Wildman–Crippen LogP) is 1.94. The van der Waals surface area contributed by atoms with Crippen LogP contribution >= 0.6 is 11.3 Å². The van der Waals surface area contributed by atoms with Crippen molar-refractivity contribution in [3.05, 3.63) is 16.1 Å². The molecule has 2 rings (SSSR count). The number of likely N-dealkylation sites (tertiary alicyclic amines) is 1. The largest absolute Gasteiger partial charge is 0.453 e. The summed E-state index contributed by atoms with van der Waals surface area (Å²) < 4.78 is 4.63. The van der Waals surface area contributed by atoms with Gasteiger partial charge in [-0.2, -0.15) is 0 Å². The average Bonchev–Trinajstić information content (AvgIpc) is 3.06. The zero-order valence-corrected chi connectivity index (χ0v) is 17.1. The van der Waals surface area contributed by atoms with Gasteiger partial charge in [0.15, 0.2) is 0 Å². The number of aryl methyl sites for hydroxylation is 1. The van der Waals surface area contributed by atoms with Crippen molar-refractivity contribution in [2.75, 3.05) is 20.2 Å². The summed E-state index contributed by atoms with van der Waals surface area (Å²) in [7, 11) is 1.28. The monoisotopic (exact) mass is 396 g/mol. The van der Waals surface area contributed by atoms with Crippen LogP contribution in [0.25, 0.3) is 0 Å². The molecule has 0 aliphatic carbocycles. The molecule has 0 aromatic carbocycles. The Bertz CT molecular complexity index is 668. The number of piperidine rings is 1. The molecule has 1 fully saturated rings. The molecule has 27 heavy (non-hydrogen) atoms. The molecule has 0 unspecified atom stereocenters. The normalized spacial score (nSPS) is 16.1. The third-order valence-electron chi connectivity index (χ3n) is 4.58. The van der Waals surface area contributed by atoms with Crippen molar-refractivity contribution in [1.29, 1.82) is 0 Å². The maximum Gasteiger partial charge on any atom is 0.407 e. The van der Waals surface area contributed by atoms with Gasteiger partial charge >= 0.3 is 6.09 Å². The van der Waals surface area contributed by atoms with Crippen LogP contribution in [0.2, 0.25) is 0 Å². The number of aromatic nitrogens is 1. The number of carbonyl (C=O) groups excluding carboxylic acids is 3. The highest BCUT2D eigenvalue weighted by molar-refractivity contribution is 7.11. The van der Waals surface area contributed by atoms with Crippen LogP contribution in [0.1, 0.15) is 48.5 Å². The minimum atomic E-state index is -0.601. The molecule has 9 heteroatoms. The SMILES string of the molecule is COC(=O)N[C@@H](CC(C)C)C(=O)N1CCC(NC(=O)c2scnc2C)CC1. The fourth-order valence-electron chi connectivity index (χ4n) is 3.13. The van der Waals surface area contributed by atoms with Gasteiger partial charge in [-0.1, -0.05) is 13.8 Å². The lowest BCUT2D eigenvalue weighted by atomic mass is 10.00. The van der Waals surface area contributed by atoms with Gasteiger partial charge in [0.1, 0.15) is 10.9 Å². The van der Waals surface area contributed by atoms with Crippen LogP contribution in [0.5, 0.6) is 0 Å². The van der Waals surface area contributed by atoms with Crippen LogP contribution in [0.15, 0.2) is 5.51 Å². The Balaban J connectivity index is 1.89. The van der Waals surface area contributed by atoms with E-state index in [0.29, 0.717) is 37.2 Å². The number of nitrogens with zero attached hydrogens (tertiary/aromatic N) is 2. The highest BCUT2D eigenvalue weighted by atomic mass is 32.1.